The highest BCUT2D eigenvalue weighted by atomic mass is 35.5. The number of carbonyl (C=O) groups is 2. The number of hydrogen-bond donors (Lipinski definition) is 2. The Kier molecular flexibility index (Phi) is 9.21. The minimum atomic E-state index is -1.09. The van der Waals surface area contributed by atoms with Gasteiger partial charge < -0.3 is 19.8 Å². The number of halogens is 1. The number of ether oxygens (including phenoxy) is 1. The fourth-order valence-corrected chi connectivity index (χ4v) is 4.74. The molecule has 6 nitrogen and oxygen atoms in total. The lowest BCUT2D eigenvalue weighted by atomic mass is 9.69. The Balaban J connectivity index is 1.74. The smallest absolute Gasteiger partial charge is 0.410 e. The molecule has 3 rings (SSSR count). The van der Waals surface area contributed by atoms with Gasteiger partial charge >= 0.3 is 12.1 Å². The van der Waals surface area contributed by atoms with Crippen molar-refractivity contribution in [1.82, 2.24) is 4.90 Å². The van der Waals surface area contributed by atoms with Gasteiger partial charge in [0.1, 0.15) is 5.60 Å². The van der Waals surface area contributed by atoms with E-state index in [2.05, 4.69) is 0 Å². The van der Waals surface area contributed by atoms with E-state index in [1.54, 1.807) is 51.1 Å². The van der Waals surface area contributed by atoms with Gasteiger partial charge in [-0.1, -0.05) is 79.2 Å². The van der Waals surface area contributed by atoms with Crippen LogP contribution in [0.25, 0.3) is 5.57 Å². The molecule has 1 aliphatic rings. The molecule has 1 amide bonds. The Hall–Kier alpha value is -3.09. The summed E-state index contributed by atoms with van der Waals surface area (Å²) in [5.41, 5.74) is 0.813. The monoisotopic (exact) mass is 525 g/mol. The van der Waals surface area contributed by atoms with Crippen LogP contribution in [0.2, 0.25) is 5.02 Å². The van der Waals surface area contributed by atoms with Gasteiger partial charge in [-0.15, -0.1) is 0 Å². The van der Waals surface area contributed by atoms with Gasteiger partial charge in [-0.05, 0) is 68.4 Å². The van der Waals surface area contributed by atoms with Crippen molar-refractivity contribution in [2.75, 3.05) is 13.1 Å². The molecule has 0 bridgehead atoms. The second kappa shape index (κ2) is 12.0. The number of hydrogen-bond acceptors (Lipinski definition) is 4. The summed E-state index contributed by atoms with van der Waals surface area (Å²) < 4.78 is 5.57. The molecule has 2 aromatic carbocycles. The molecule has 0 aliphatic heterocycles. The normalized spacial score (nSPS) is 20.2. The zero-order valence-corrected chi connectivity index (χ0v) is 22.6. The Labute approximate surface area is 224 Å². The first-order valence-corrected chi connectivity index (χ1v) is 12.9. The average molecular weight is 526 g/mol. The van der Waals surface area contributed by atoms with Crippen molar-refractivity contribution in [3.63, 3.8) is 0 Å². The molecular weight excluding hydrogens is 490 g/mol. The third-order valence-corrected chi connectivity index (χ3v) is 6.84. The lowest BCUT2D eigenvalue weighted by molar-refractivity contribution is -0.148. The van der Waals surface area contributed by atoms with Crippen LogP contribution in [0.3, 0.4) is 0 Å². The van der Waals surface area contributed by atoms with Crippen molar-refractivity contribution >= 4 is 29.2 Å². The lowest BCUT2D eigenvalue weighted by Crippen LogP contribution is -2.41. The number of aliphatic carboxylic acids is 1. The number of carboxylic acids is 1. The maximum atomic E-state index is 13.0. The Morgan fingerprint density at radius 2 is 1.84 bits per heavy atom. The molecule has 0 saturated carbocycles. The summed E-state index contributed by atoms with van der Waals surface area (Å²) in [6, 6.07) is 16.7. The van der Waals surface area contributed by atoms with Crippen LogP contribution in [-0.4, -0.2) is 45.9 Å². The van der Waals surface area contributed by atoms with E-state index >= 15 is 0 Å². The van der Waals surface area contributed by atoms with Gasteiger partial charge in [-0.3, -0.25) is 4.79 Å². The fourth-order valence-electron chi connectivity index (χ4n) is 4.54. The number of benzene rings is 2. The molecular formula is C30H36ClNO5. The number of rotatable bonds is 9. The number of carboxylic acid groups (broad SMARTS) is 1. The molecule has 1 aliphatic carbocycles. The van der Waals surface area contributed by atoms with Crippen molar-refractivity contribution in [1.29, 1.82) is 0 Å². The van der Waals surface area contributed by atoms with E-state index in [-0.39, 0.29) is 19.0 Å². The molecule has 37 heavy (non-hydrogen) atoms. The van der Waals surface area contributed by atoms with Crippen molar-refractivity contribution in [3.8, 4) is 0 Å². The summed E-state index contributed by atoms with van der Waals surface area (Å²) in [4.78, 5) is 26.9. The first-order chi connectivity index (χ1) is 17.4. The van der Waals surface area contributed by atoms with Crippen molar-refractivity contribution in [2.45, 2.75) is 52.2 Å². The van der Waals surface area contributed by atoms with E-state index in [1.165, 1.54) is 4.90 Å². The van der Waals surface area contributed by atoms with Crippen LogP contribution in [0.15, 0.2) is 72.8 Å². The Morgan fingerprint density at radius 1 is 1.14 bits per heavy atom. The molecule has 0 fully saturated rings. The van der Waals surface area contributed by atoms with E-state index in [1.807, 2.05) is 49.4 Å². The van der Waals surface area contributed by atoms with E-state index in [4.69, 9.17) is 16.3 Å². The number of carbonyl (C=O) groups excluding carboxylic acids is 1. The highest BCUT2D eigenvalue weighted by Gasteiger charge is 2.42. The molecule has 2 unspecified atom stereocenters. The topological polar surface area (TPSA) is 87.1 Å². The van der Waals surface area contributed by atoms with Gasteiger partial charge in [-0.25, -0.2) is 4.79 Å². The van der Waals surface area contributed by atoms with E-state index < -0.39 is 29.2 Å². The number of allylic oxidation sites excluding steroid dienone is 3. The van der Waals surface area contributed by atoms with E-state index in [9.17, 15) is 19.8 Å². The first kappa shape index (κ1) is 28.5. The van der Waals surface area contributed by atoms with Crippen LogP contribution in [0.1, 0.15) is 57.8 Å². The highest BCUT2D eigenvalue weighted by Crippen LogP contribution is 2.42. The minimum absolute atomic E-state index is 0.00121. The zero-order chi connectivity index (χ0) is 27.2. The van der Waals surface area contributed by atoms with Crippen LogP contribution < -0.4 is 0 Å². The van der Waals surface area contributed by atoms with Gasteiger partial charge in [0.05, 0.1) is 18.1 Å². The summed E-state index contributed by atoms with van der Waals surface area (Å²) in [5.74, 6) is -1.15. The summed E-state index contributed by atoms with van der Waals surface area (Å²) in [5, 5.41) is 21.5. The number of nitrogens with zero attached hydrogens (tertiary/aromatic N) is 1. The first-order valence-electron chi connectivity index (χ1n) is 12.5. The predicted molar refractivity (Wildman–Crippen MR) is 146 cm³/mol. The molecule has 7 heteroatoms. The molecule has 0 spiro atoms. The maximum absolute atomic E-state index is 13.0. The summed E-state index contributed by atoms with van der Waals surface area (Å²) in [6.07, 6.45) is 4.86. The summed E-state index contributed by atoms with van der Waals surface area (Å²) in [6.45, 7) is 7.48. The van der Waals surface area contributed by atoms with Gasteiger partial charge in [0.2, 0.25) is 0 Å². The van der Waals surface area contributed by atoms with Crippen molar-refractivity contribution in [2.24, 2.45) is 11.3 Å². The van der Waals surface area contributed by atoms with Crippen LogP contribution >= 0.6 is 11.6 Å². The minimum Gasteiger partial charge on any atom is -0.481 e. The molecule has 0 radical (unpaired) electrons. The van der Waals surface area contributed by atoms with Crippen LogP contribution in [0, 0.1) is 11.3 Å². The second-order valence-corrected chi connectivity index (χ2v) is 11.0. The number of aliphatic hydroxyl groups is 1. The van der Waals surface area contributed by atoms with Crippen molar-refractivity contribution in [3.05, 3.63) is 89.0 Å². The van der Waals surface area contributed by atoms with Crippen LogP contribution in [-0.2, 0) is 9.53 Å². The molecule has 3 atom stereocenters. The van der Waals surface area contributed by atoms with E-state index in [0.29, 0.717) is 23.4 Å². The van der Waals surface area contributed by atoms with Gasteiger partial charge in [0, 0.05) is 11.6 Å². The molecule has 198 valence electrons. The van der Waals surface area contributed by atoms with E-state index in [0.717, 1.165) is 11.1 Å². The molecule has 0 saturated heterocycles. The lowest BCUT2D eigenvalue weighted by Gasteiger charge is -2.35. The standard InChI is InChI=1S/C30H36ClNO5/c1-21-18-23(22-10-6-5-7-11-22)14-16-30(21,27(34)35)15-9-17-32(28(36)37-29(2,3)4)20-26(33)24-12-8-13-25(31)19-24/h5-8,10-14,16,18-19,21,26,33H,9,15,17,20H2,1-4H3,(H,34,35)/t21?,26-,30?/m0/s1. The van der Waals surface area contributed by atoms with Gasteiger partial charge in [0.15, 0.2) is 0 Å². The Morgan fingerprint density at radius 3 is 2.43 bits per heavy atom. The predicted octanol–water partition coefficient (Wildman–Crippen LogP) is 6.75. The van der Waals surface area contributed by atoms with Gasteiger partial charge in [-0.2, -0.15) is 0 Å². The SMILES string of the molecule is CC1C=C(c2ccccc2)C=CC1(CCCN(C[C@H](O)c1cccc(Cl)c1)C(=O)OC(C)(C)C)C(=O)O. The average Bonchev–Trinajstić information content (AvgIpc) is 2.83. The summed E-state index contributed by atoms with van der Waals surface area (Å²) >= 11 is 6.07. The van der Waals surface area contributed by atoms with Crippen LogP contribution in [0.5, 0.6) is 0 Å². The molecule has 0 heterocycles. The van der Waals surface area contributed by atoms with Crippen molar-refractivity contribution < 1.29 is 24.5 Å². The number of aliphatic hydroxyl groups excluding tert-OH is 1. The highest BCUT2D eigenvalue weighted by molar-refractivity contribution is 6.30. The quantitative estimate of drug-likeness (QED) is 0.378. The van der Waals surface area contributed by atoms with Crippen LogP contribution in [0.4, 0.5) is 4.79 Å². The largest absolute Gasteiger partial charge is 0.481 e. The fraction of sp³-hybridized carbons (Fsp3) is 0.400. The number of amides is 1. The molecule has 0 aromatic heterocycles. The van der Waals surface area contributed by atoms with Gasteiger partial charge in [0.25, 0.3) is 0 Å². The third-order valence-electron chi connectivity index (χ3n) is 6.60. The zero-order valence-electron chi connectivity index (χ0n) is 21.9. The summed E-state index contributed by atoms with van der Waals surface area (Å²) in [7, 11) is 0. The maximum Gasteiger partial charge on any atom is 0.410 e. The third kappa shape index (κ3) is 7.46. The Bertz CT molecular complexity index is 1150. The molecule has 2 aromatic rings. The second-order valence-electron chi connectivity index (χ2n) is 10.6. The molecule has 2 N–H and O–H groups in total.